The van der Waals surface area contributed by atoms with Crippen molar-refractivity contribution in [1.29, 1.82) is 0 Å². The third kappa shape index (κ3) is 5.39. The lowest BCUT2D eigenvalue weighted by Crippen LogP contribution is -2.30. The molecule has 9 heteroatoms. The Balaban J connectivity index is 1.57. The fourth-order valence-electron chi connectivity index (χ4n) is 2.39. The van der Waals surface area contributed by atoms with Gasteiger partial charge in [0.25, 0.3) is 5.91 Å². The number of esters is 1. The molecule has 0 aliphatic heterocycles. The van der Waals surface area contributed by atoms with E-state index in [0.29, 0.717) is 10.8 Å². The summed E-state index contributed by atoms with van der Waals surface area (Å²) in [6.07, 6.45) is -1.02. The number of thiazole rings is 1. The molecule has 1 unspecified atom stereocenters. The maximum absolute atomic E-state index is 12.3. The fourth-order valence-corrected chi connectivity index (χ4v) is 3.12. The minimum Gasteiger partial charge on any atom is -0.449 e. The first-order valence-electron chi connectivity index (χ1n) is 8.61. The molecular formula is C20H18N4O4S. The van der Waals surface area contributed by atoms with E-state index in [4.69, 9.17) is 10.5 Å². The van der Waals surface area contributed by atoms with Crippen molar-refractivity contribution in [2.24, 2.45) is 5.73 Å². The third-order valence-electron chi connectivity index (χ3n) is 3.85. The molecule has 4 N–H and O–H groups in total. The van der Waals surface area contributed by atoms with Gasteiger partial charge in [-0.2, -0.15) is 0 Å². The van der Waals surface area contributed by atoms with E-state index >= 15 is 0 Å². The number of hydrogen-bond donors (Lipinski definition) is 3. The highest BCUT2D eigenvalue weighted by Gasteiger charge is 2.20. The van der Waals surface area contributed by atoms with Crippen molar-refractivity contribution in [3.63, 3.8) is 0 Å². The van der Waals surface area contributed by atoms with Crippen LogP contribution >= 0.6 is 11.3 Å². The molecule has 3 rings (SSSR count). The number of hydrogen-bond acceptors (Lipinski definition) is 6. The van der Waals surface area contributed by atoms with Crippen molar-refractivity contribution < 1.29 is 19.1 Å². The van der Waals surface area contributed by atoms with Crippen LogP contribution in [0.2, 0.25) is 0 Å². The van der Waals surface area contributed by atoms with Gasteiger partial charge in [-0.25, -0.2) is 14.6 Å². The smallest absolute Gasteiger partial charge is 0.338 e. The fraction of sp³-hybridized carbons (Fsp3) is 0.100. The molecule has 0 bridgehead atoms. The van der Waals surface area contributed by atoms with Crippen LogP contribution < -0.4 is 16.4 Å². The second kappa shape index (κ2) is 8.98. The van der Waals surface area contributed by atoms with Gasteiger partial charge < -0.3 is 15.8 Å². The highest BCUT2D eigenvalue weighted by atomic mass is 32.1. The summed E-state index contributed by atoms with van der Waals surface area (Å²) >= 11 is 1.28. The van der Waals surface area contributed by atoms with Crippen LogP contribution in [0.4, 0.5) is 15.6 Å². The van der Waals surface area contributed by atoms with Gasteiger partial charge in [-0.3, -0.25) is 10.1 Å². The normalized spacial score (nSPS) is 11.3. The van der Waals surface area contributed by atoms with Crippen LogP contribution in [-0.2, 0) is 9.53 Å². The number of carbonyl (C=O) groups excluding carboxylic acids is 3. The summed E-state index contributed by atoms with van der Waals surface area (Å²) < 4.78 is 5.20. The lowest BCUT2D eigenvalue weighted by atomic mass is 10.2. The van der Waals surface area contributed by atoms with Gasteiger partial charge in [-0.1, -0.05) is 30.3 Å². The summed E-state index contributed by atoms with van der Waals surface area (Å²) in [6.45, 7) is 1.47. The zero-order valence-corrected chi connectivity index (χ0v) is 16.2. The van der Waals surface area contributed by atoms with Crippen molar-refractivity contribution >= 4 is 40.1 Å². The molecule has 0 aliphatic rings. The summed E-state index contributed by atoms with van der Waals surface area (Å²) in [5.74, 6) is -1.15. The molecule has 3 aromatic rings. The van der Waals surface area contributed by atoms with E-state index in [-0.39, 0.29) is 5.56 Å². The molecule has 148 valence electrons. The Hall–Kier alpha value is -3.72. The molecule has 8 nitrogen and oxygen atoms in total. The molecule has 3 amide bonds. The van der Waals surface area contributed by atoms with Gasteiger partial charge in [0.1, 0.15) is 0 Å². The molecule has 2 aromatic carbocycles. The SMILES string of the molecule is CC(OC(=O)c1ccc(NC(N)=O)cc1)C(=O)Nc1nc(-c2ccccc2)cs1. The largest absolute Gasteiger partial charge is 0.449 e. The Kier molecular flexibility index (Phi) is 6.20. The number of nitrogens with two attached hydrogens (primary N) is 1. The minimum absolute atomic E-state index is 0.236. The van der Waals surface area contributed by atoms with E-state index in [2.05, 4.69) is 15.6 Å². The molecule has 0 aliphatic carbocycles. The maximum Gasteiger partial charge on any atom is 0.338 e. The van der Waals surface area contributed by atoms with Gasteiger partial charge >= 0.3 is 12.0 Å². The standard InChI is InChI=1S/C20H18N4O4S/c1-12(28-18(26)14-7-9-15(10-8-14)22-19(21)27)17(25)24-20-23-16(11-29-20)13-5-3-2-4-6-13/h2-12H,1H3,(H3,21,22,27)(H,23,24,25). The molecule has 1 heterocycles. The molecule has 0 spiro atoms. The zero-order valence-electron chi connectivity index (χ0n) is 15.4. The van der Waals surface area contributed by atoms with Crippen LogP contribution in [0, 0.1) is 0 Å². The molecule has 1 aromatic heterocycles. The Morgan fingerprint density at radius 1 is 1.03 bits per heavy atom. The highest BCUT2D eigenvalue weighted by Crippen LogP contribution is 2.24. The highest BCUT2D eigenvalue weighted by molar-refractivity contribution is 7.14. The van der Waals surface area contributed by atoms with E-state index < -0.39 is 24.0 Å². The molecule has 1 atom stereocenters. The van der Waals surface area contributed by atoms with Gasteiger partial charge in [0, 0.05) is 16.6 Å². The molecular weight excluding hydrogens is 392 g/mol. The monoisotopic (exact) mass is 410 g/mol. The molecule has 0 radical (unpaired) electrons. The maximum atomic E-state index is 12.3. The number of anilines is 2. The first-order chi connectivity index (χ1) is 13.9. The van der Waals surface area contributed by atoms with E-state index in [0.717, 1.165) is 11.3 Å². The molecule has 0 saturated heterocycles. The van der Waals surface area contributed by atoms with E-state index in [1.165, 1.54) is 42.5 Å². The van der Waals surface area contributed by atoms with E-state index in [9.17, 15) is 14.4 Å². The zero-order chi connectivity index (χ0) is 20.8. The van der Waals surface area contributed by atoms with Crippen molar-refractivity contribution in [3.8, 4) is 11.3 Å². The number of nitrogens with zero attached hydrogens (tertiary/aromatic N) is 1. The predicted molar refractivity (Wildman–Crippen MR) is 111 cm³/mol. The second-order valence-corrected chi connectivity index (χ2v) is 6.87. The lowest BCUT2D eigenvalue weighted by molar-refractivity contribution is -0.123. The number of rotatable bonds is 6. The first-order valence-corrected chi connectivity index (χ1v) is 9.49. The molecule has 0 fully saturated rings. The van der Waals surface area contributed by atoms with Crippen LogP contribution in [-0.4, -0.2) is 29.0 Å². The van der Waals surface area contributed by atoms with Crippen LogP contribution in [0.5, 0.6) is 0 Å². The van der Waals surface area contributed by atoms with Crippen LogP contribution in [0.25, 0.3) is 11.3 Å². The summed E-state index contributed by atoms with van der Waals surface area (Å²) in [7, 11) is 0. The number of ether oxygens (including phenoxy) is 1. The van der Waals surface area contributed by atoms with Crippen molar-refractivity contribution in [2.45, 2.75) is 13.0 Å². The Labute approximate surface area is 170 Å². The number of benzene rings is 2. The summed E-state index contributed by atoms with van der Waals surface area (Å²) in [5, 5.41) is 7.29. The summed E-state index contributed by atoms with van der Waals surface area (Å²) in [5.41, 5.74) is 7.40. The number of urea groups is 1. The van der Waals surface area contributed by atoms with Crippen LogP contribution in [0.1, 0.15) is 17.3 Å². The predicted octanol–water partition coefficient (Wildman–Crippen LogP) is 3.48. The average Bonchev–Trinajstić information content (AvgIpc) is 3.17. The average molecular weight is 410 g/mol. The third-order valence-corrected chi connectivity index (χ3v) is 4.60. The number of carbonyl (C=O) groups is 3. The lowest BCUT2D eigenvalue weighted by Gasteiger charge is -2.12. The van der Waals surface area contributed by atoms with Crippen molar-refractivity contribution in [2.75, 3.05) is 10.6 Å². The van der Waals surface area contributed by atoms with Crippen LogP contribution in [0.15, 0.2) is 60.0 Å². The number of nitrogens with one attached hydrogen (secondary N) is 2. The Morgan fingerprint density at radius 3 is 2.38 bits per heavy atom. The molecule has 0 saturated carbocycles. The van der Waals surface area contributed by atoms with E-state index in [1.807, 2.05) is 35.7 Å². The second-order valence-electron chi connectivity index (χ2n) is 6.01. The number of amides is 3. The number of primary amides is 1. The quantitative estimate of drug-likeness (QED) is 0.537. The van der Waals surface area contributed by atoms with Gasteiger partial charge in [0.05, 0.1) is 11.3 Å². The first kappa shape index (κ1) is 20.0. The summed E-state index contributed by atoms with van der Waals surface area (Å²) in [4.78, 5) is 39.7. The van der Waals surface area contributed by atoms with E-state index in [1.54, 1.807) is 0 Å². The van der Waals surface area contributed by atoms with Crippen LogP contribution in [0.3, 0.4) is 0 Å². The Morgan fingerprint density at radius 2 is 1.72 bits per heavy atom. The summed E-state index contributed by atoms with van der Waals surface area (Å²) in [6, 6.07) is 14.8. The topological polar surface area (TPSA) is 123 Å². The van der Waals surface area contributed by atoms with Crippen molar-refractivity contribution in [1.82, 2.24) is 4.98 Å². The van der Waals surface area contributed by atoms with Gasteiger partial charge in [0.15, 0.2) is 11.2 Å². The molecule has 29 heavy (non-hydrogen) atoms. The van der Waals surface area contributed by atoms with Crippen molar-refractivity contribution in [3.05, 3.63) is 65.5 Å². The Bertz CT molecular complexity index is 1020. The van der Waals surface area contributed by atoms with Gasteiger partial charge in [0.2, 0.25) is 0 Å². The van der Waals surface area contributed by atoms with Gasteiger partial charge in [-0.15, -0.1) is 11.3 Å². The van der Waals surface area contributed by atoms with Gasteiger partial charge in [-0.05, 0) is 31.2 Å². The minimum atomic E-state index is -1.02. The number of aromatic nitrogens is 1.